The third kappa shape index (κ3) is 3.16. The van der Waals surface area contributed by atoms with Gasteiger partial charge in [-0.15, -0.1) is 0 Å². The second-order valence-electron chi connectivity index (χ2n) is 7.18. The molecular formula is C22H18FN5O2. The van der Waals surface area contributed by atoms with E-state index in [4.69, 9.17) is 4.74 Å². The Bertz CT molecular complexity index is 1220. The van der Waals surface area contributed by atoms with E-state index in [-0.39, 0.29) is 11.8 Å². The number of nitrogens with zero attached hydrogens (tertiary/aromatic N) is 4. The van der Waals surface area contributed by atoms with Crippen molar-refractivity contribution in [3.05, 3.63) is 72.2 Å². The number of ether oxygens (including phenoxy) is 1. The number of methoxy groups -OCH3 is 1. The van der Waals surface area contributed by atoms with Crippen molar-refractivity contribution in [2.45, 2.75) is 5.92 Å². The van der Waals surface area contributed by atoms with E-state index >= 15 is 0 Å². The van der Waals surface area contributed by atoms with Gasteiger partial charge in [0, 0.05) is 43.0 Å². The van der Waals surface area contributed by atoms with Crippen LogP contribution in [0.5, 0.6) is 5.75 Å². The molecule has 5 rings (SSSR count). The van der Waals surface area contributed by atoms with Crippen LogP contribution in [0.25, 0.3) is 22.3 Å². The van der Waals surface area contributed by atoms with E-state index in [2.05, 4.69) is 19.9 Å². The maximum atomic E-state index is 14.0. The van der Waals surface area contributed by atoms with Gasteiger partial charge in [-0.1, -0.05) is 12.1 Å². The summed E-state index contributed by atoms with van der Waals surface area (Å²) >= 11 is 0. The first-order valence-corrected chi connectivity index (χ1v) is 9.52. The number of hydrogen-bond acceptors (Lipinski definition) is 5. The first-order chi connectivity index (χ1) is 14.6. The number of carbonyl (C=O) groups excluding carboxylic acids is 1. The van der Waals surface area contributed by atoms with Crippen LogP contribution >= 0.6 is 0 Å². The first-order valence-electron chi connectivity index (χ1n) is 9.52. The van der Waals surface area contributed by atoms with Crippen molar-refractivity contribution >= 4 is 16.9 Å². The molecule has 1 aliphatic rings. The molecule has 3 heterocycles. The van der Waals surface area contributed by atoms with Gasteiger partial charge in [-0.25, -0.2) is 9.37 Å². The predicted molar refractivity (Wildman–Crippen MR) is 109 cm³/mol. The lowest BCUT2D eigenvalue weighted by Crippen LogP contribution is -2.49. The van der Waals surface area contributed by atoms with Crippen LogP contribution in [-0.4, -0.2) is 50.9 Å². The van der Waals surface area contributed by atoms with Gasteiger partial charge in [-0.05, 0) is 24.3 Å². The van der Waals surface area contributed by atoms with E-state index in [0.717, 1.165) is 16.7 Å². The van der Waals surface area contributed by atoms with E-state index < -0.39 is 5.82 Å². The van der Waals surface area contributed by atoms with Crippen LogP contribution < -0.4 is 4.74 Å². The number of aromatic amines is 1. The molecule has 30 heavy (non-hydrogen) atoms. The van der Waals surface area contributed by atoms with Crippen LogP contribution in [0.2, 0.25) is 0 Å². The van der Waals surface area contributed by atoms with Crippen molar-refractivity contribution in [3.8, 4) is 17.0 Å². The number of H-pyrrole nitrogens is 1. The van der Waals surface area contributed by atoms with Crippen LogP contribution in [0.3, 0.4) is 0 Å². The standard InChI is InChI=1S/C22H18FN5O2/c1-30-16-9-13(8-15(23)10-16)19-20(25-7-6-24-19)14-11-28(12-14)22(29)21-26-17-4-2-3-5-18(17)27-21/h2-10,14H,11-12H2,1H3,(H,26,27). The summed E-state index contributed by atoms with van der Waals surface area (Å²) in [6.07, 6.45) is 3.19. The Labute approximate surface area is 171 Å². The molecule has 0 aliphatic carbocycles. The molecule has 8 heteroatoms. The number of imidazole rings is 1. The Balaban J connectivity index is 1.38. The summed E-state index contributed by atoms with van der Waals surface area (Å²) in [4.78, 5) is 30.8. The fourth-order valence-electron chi connectivity index (χ4n) is 3.71. The average molecular weight is 403 g/mol. The number of fused-ring (bicyclic) bond motifs is 1. The summed E-state index contributed by atoms with van der Waals surface area (Å²) in [5.41, 5.74) is 3.51. The molecule has 150 valence electrons. The third-order valence-electron chi connectivity index (χ3n) is 5.25. The number of halogens is 1. The number of hydrogen-bond donors (Lipinski definition) is 1. The predicted octanol–water partition coefficient (Wildman–Crippen LogP) is 3.41. The Morgan fingerprint density at radius 1 is 1.17 bits per heavy atom. The summed E-state index contributed by atoms with van der Waals surface area (Å²) in [5.74, 6) is 0.189. The van der Waals surface area contributed by atoms with Crippen LogP contribution in [0.15, 0.2) is 54.9 Å². The van der Waals surface area contributed by atoms with Crippen LogP contribution in [-0.2, 0) is 0 Å². The smallest absolute Gasteiger partial charge is 0.289 e. The highest BCUT2D eigenvalue weighted by atomic mass is 19.1. The molecule has 1 saturated heterocycles. The molecule has 0 unspecified atom stereocenters. The van der Waals surface area contributed by atoms with Crippen molar-refractivity contribution in [2.24, 2.45) is 0 Å². The highest BCUT2D eigenvalue weighted by molar-refractivity contribution is 5.94. The molecule has 4 aromatic rings. The molecule has 0 spiro atoms. The summed E-state index contributed by atoms with van der Waals surface area (Å²) < 4.78 is 19.1. The van der Waals surface area contributed by atoms with Gasteiger partial charge >= 0.3 is 0 Å². The highest BCUT2D eigenvalue weighted by Crippen LogP contribution is 2.34. The molecule has 1 aliphatic heterocycles. The van der Waals surface area contributed by atoms with Crippen molar-refractivity contribution in [3.63, 3.8) is 0 Å². The molecule has 1 N–H and O–H groups in total. The average Bonchev–Trinajstić information content (AvgIpc) is 3.17. The topological polar surface area (TPSA) is 84.0 Å². The number of amides is 1. The zero-order valence-corrected chi connectivity index (χ0v) is 16.2. The van der Waals surface area contributed by atoms with E-state index in [1.165, 1.54) is 19.2 Å². The van der Waals surface area contributed by atoms with Crippen molar-refractivity contribution < 1.29 is 13.9 Å². The highest BCUT2D eigenvalue weighted by Gasteiger charge is 2.36. The molecule has 1 amide bonds. The van der Waals surface area contributed by atoms with E-state index in [9.17, 15) is 9.18 Å². The zero-order valence-electron chi connectivity index (χ0n) is 16.2. The number of likely N-dealkylation sites (tertiary alicyclic amines) is 1. The lowest BCUT2D eigenvalue weighted by Gasteiger charge is -2.38. The van der Waals surface area contributed by atoms with Crippen LogP contribution in [0.4, 0.5) is 4.39 Å². The fourth-order valence-corrected chi connectivity index (χ4v) is 3.71. The second kappa shape index (κ2) is 7.22. The van der Waals surface area contributed by atoms with Crippen molar-refractivity contribution in [1.29, 1.82) is 0 Å². The molecule has 1 fully saturated rings. The van der Waals surface area contributed by atoms with Crippen molar-refractivity contribution in [1.82, 2.24) is 24.8 Å². The minimum absolute atomic E-state index is 0.0105. The monoisotopic (exact) mass is 403 g/mol. The number of aromatic nitrogens is 4. The Morgan fingerprint density at radius 3 is 2.77 bits per heavy atom. The molecule has 0 radical (unpaired) electrons. The number of benzene rings is 2. The summed E-state index contributed by atoms with van der Waals surface area (Å²) in [5, 5.41) is 0. The largest absolute Gasteiger partial charge is 0.497 e. The molecule has 0 bridgehead atoms. The SMILES string of the molecule is COc1cc(F)cc(-c2nccnc2C2CN(C(=O)c3nc4ccccc4[nH]3)C2)c1. The quantitative estimate of drug-likeness (QED) is 0.565. The minimum atomic E-state index is -0.406. The van der Waals surface area contributed by atoms with Gasteiger partial charge in [0.2, 0.25) is 0 Å². The fraction of sp³-hybridized carbons (Fsp3) is 0.182. The van der Waals surface area contributed by atoms with Gasteiger partial charge in [-0.3, -0.25) is 14.8 Å². The van der Waals surface area contributed by atoms with Gasteiger partial charge in [0.25, 0.3) is 5.91 Å². The lowest BCUT2D eigenvalue weighted by atomic mass is 9.92. The van der Waals surface area contributed by atoms with Gasteiger partial charge in [-0.2, -0.15) is 0 Å². The summed E-state index contributed by atoms with van der Waals surface area (Å²) in [7, 11) is 1.49. The number of carbonyl (C=O) groups is 1. The Hall–Kier alpha value is -3.81. The Morgan fingerprint density at radius 2 is 1.97 bits per heavy atom. The molecule has 2 aromatic carbocycles. The zero-order chi connectivity index (χ0) is 20.7. The summed E-state index contributed by atoms with van der Waals surface area (Å²) in [6.45, 7) is 0.988. The molecule has 0 atom stereocenters. The maximum Gasteiger partial charge on any atom is 0.289 e. The third-order valence-corrected chi connectivity index (χ3v) is 5.25. The lowest BCUT2D eigenvalue weighted by molar-refractivity contribution is 0.0587. The van der Waals surface area contributed by atoms with Crippen molar-refractivity contribution in [2.75, 3.05) is 20.2 Å². The van der Waals surface area contributed by atoms with Gasteiger partial charge in [0.1, 0.15) is 11.6 Å². The minimum Gasteiger partial charge on any atom is -0.497 e. The normalized spacial score (nSPS) is 14.0. The number of nitrogens with one attached hydrogen (secondary N) is 1. The van der Waals surface area contributed by atoms with E-state index in [1.54, 1.807) is 23.4 Å². The number of para-hydroxylation sites is 2. The van der Waals surface area contributed by atoms with Gasteiger partial charge < -0.3 is 14.6 Å². The molecule has 0 saturated carbocycles. The second-order valence-corrected chi connectivity index (χ2v) is 7.18. The van der Waals surface area contributed by atoms with Gasteiger partial charge in [0.05, 0.1) is 29.5 Å². The van der Waals surface area contributed by atoms with E-state index in [0.29, 0.717) is 35.9 Å². The van der Waals surface area contributed by atoms with E-state index in [1.807, 2.05) is 24.3 Å². The first kappa shape index (κ1) is 18.2. The van der Waals surface area contributed by atoms with Gasteiger partial charge in [0.15, 0.2) is 5.82 Å². The molecule has 7 nitrogen and oxygen atoms in total. The molecule has 2 aromatic heterocycles. The number of rotatable bonds is 4. The van der Waals surface area contributed by atoms with Crippen LogP contribution in [0, 0.1) is 5.82 Å². The van der Waals surface area contributed by atoms with Crippen LogP contribution in [0.1, 0.15) is 22.2 Å². The maximum absolute atomic E-state index is 14.0. The molecular weight excluding hydrogens is 385 g/mol. The summed E-state index contributed by atoms with van der Waals surface area (Å²) in [6, 6.07) is 12.0. The Kier molecular flexibility index (Phi) is 4.39.